The normalized spacial score (nSPS) is 18.0. The number of ether oxygens (including phenoxy) is 1. The average molecular weight is 315 g/mol. The number of carboxylic acids is 1. The number of β-amino-alcohol motifs (C(OH)–C–C–N with tert-alkyl or cyclic N) is 1. The van der Waals surface area contributed by atoms with Crippen LogP contribution in [-0.2, 0) is 21.2 Å². The van der Waals surface area contributed by atoms with Crippen LogP contribution in [-0.4, -0.2) is 54.7 Å². The summed E-state index contributed by atoms with van der Waals surface area (Å²) in [6.07, 6.45) is -0.421. The molecule has 1 saturated heterocycles. The number of aliphatic carboxylic acids is 1. The summed E-state index contributed by atoms with van der Waals surface area (Å²) in [5.74, 6) is -0.740. The highest BCUT2D eigenvalue weighted by molar-refractivity contribution is 7.89. The molecular formula is C13H17NO6S. The van der Waals surface area contributed by atoms with Gasteiger partial charge in [0, 0.05) is 13.1 Å². The monoisotopic (exact) mass is 315 g/mol. The van der Waals surface area contributed by atoms with Crippen LogP contribution in [0.4, 0.5) is 0 Å². The molecule has 0 bridgehead atoms. The van der Waals surface area contributed by atoms with E-state index in [1.165, 1.54) is 25.3 Å². The molecule has 0 spiro atoms. The molecule has 0 radical (unpaired) electrons. The van der Waals surface area contributed by atoms with E-state index in [4.69, 9.17) is 9.84 Å². The maximum Gasteiger partial charge on any atom is 0.307 e. The molecule has 1 aliphatic rings. The number of carbonyl (C=O) groups is 1. The maximum absolute atomic E-state index is 12.5. The summed E-state index contributed by atoms with van der Waals surface area (Å²) in [5, 5.41) is 18.6. The van der Waals surface area contributed by atoms with Crippen molar-refractivity contribution in [1.82, 2.24) is 4.31 Å². The quantitative estimate of drug-likeness (QED) is 0.797. The van der Waals surface area contributed by atoms with Crippen molar-refractivity contribution in [3.05, 3.63) is 23.8 Å². The van der Waals surface area contributed by atoms with Gasteiger partial charge in [-0.2, -0.15) is 4.31 Å². The van der Waals surface area contributed by atoms with E-state index in [0.29, 0.717) is 5.75 Å². The fourth-order valence-electron chi connectivity index (χ4n) is 2.26. The molecule has 2 N–H and O–H groups in total. The van der Waals surface area contributed by atoms with Gasteiger partial charge in [-0.3, -0.25) is 4.79 Å². The number of benzene rings is 1. The Labute approximate surface area is 122 Å². The first kappa shape index (κ1) is 15.7. The first-order valence-electron chi connectivity index (χ1n) is 6.27. The molecule has 1 aromatic carbocycles. The van der Waals surface area contributed by atoms with Gasteiger partial charge in [0.2, 0.25) is 10.0 Å². The van der Waals surface area contributed by atoms with E-state index < -0.39 is 28.0 Å². The molecule has 1 heterocycles. The van der Waals surface area contributed by atoms with Crippen LogP contribution in [0.5, 0.6) is 5.75 Å². The predicted molar refractivity (Wildman–Crippen MR) is 73.7 cm³/mol. The summed E-state index contributed by atoms with van der Waals surface area (Å²) in [6.45, 7) is 1.53. The second-order valence-corrected chi connectivity index (χ2v) is 7.22. The topological polar surface area (TPSA) is 104 Å². The molecule has 0 aliphatic carbocycles. The second-order valence-electron chi connectivity index (χ2n) is 5.31. The number of rotatable bonds is 5. The van der Waals surface area contributed by atoms with Crippen molar-refractivity contribution in [2.75, 3.05) is 20.2 Å². The largest absolute Gasteiger partial charge is 0.497 e. The lowest BCUT2D eigenvalue weighted by Crippen LogP contribution is -2.61. The molecule has 0 unspecified atom stereocenters. The molecule has 1 fully saturated rings. The lowest BCUT2D eigenvalue weighted by molar-refractivity contribution is -0.136. The summed E-state index contributed by atoms with van der Waals surface area (Å²) in [7, 11) is -2.40. The van der Waals surface area contributed by atoms with Crippen molar-refractivity contribution in [2.24, 2.45) is 0 Å². The van der Waals surface area contributed by atoms with Gasteiger partial charge in [-0.15, -0.1) is 0 Å². The van der Waals surface area contributed by atoms with E-state index in [1.807, 2.05) is 0 Å². The van der Waals surface area contributed by atoms with Crippen molar-refractivity contribution in [1.29, 1.82) is 0 Å². The van der Waals surface area contributed by atoms with Crippen LogP contribution in [0, 0.1) is 0 Å². The SMILES string of the molecule is COc1ccc(S(=O)(=O)N2CC(C)(O)C2)c(CC(=O)O)c1. The third-order valence-electron chi connectivity index (χ3n) is 3.26. The van der Waals surface area contributed by atoms with Crippen LogP contribution in [0.2, 0.25) is 0 Å². The Morgan fingerprint density at radius 3 is 2.52 bits per heavy atom. The van der Waals surface area contributed by atoms with Crippen molar-refractivity contribution in [3.8, 4) is 5.75 Å². The highest BCUT2D eigenvalue weighted by Gasteiger charge is 2.44. The summed E-state index contributed by atoms with van der Waals surface area (Å²) in [6, 6.07) is 4.20. The van der Waals surface area contributed by atoms with E-state index >= 15 is 0 Å². The van der Waals surface area contributed by atoms with E-state index in [0.717, 1.165) is 4.31 Å². The molecule has 0 atom stereocenters. The zero-order chi connectivity index (χ0) is 15.8. The van der Waals surface area contributed by atoms with Gasteiger partial charge in [-0.05, 0) is 30.7 Å². The average Bonchev–Trinajstić information content (AvgIpc) is 2.34. The van der Waals surface area contributed by atoms with E-state index in [1.54, 1.807) is 6.92 Å². The maximum atomic E-state index is 12.5. The third-order valence-corrected chi connectivity index (χ3v) is 5.15. The molecule has 1 aromatic rings. The van der Waals surface area contributed by atoms with Crippen LogP contribution in [0.1, 0.15) is 12.5 Å². The van der Waals surface area contributed by atoms with Crippen LogP contribution in [0.15, 0.2) is 23.1 Å². The minimum atomic E-state index is -3.82. The minimum Gasteiger partial charge on any atom is -0.497 e. The van der Waals surface area contributed by atoms with Crippen molar-refractivity contribution < 1.29 is 28.2 Å². The Morgan fingerprint density at radius 2 is 2.05 bits per heavy atom. The molecule has 2 rings (SSSR count). The standard InChI is InChI=1S/C13H17NO6S/c1-13(17)7-14(8-13)21(18,19)11-4-3-10(20-2)5-9(11)6-12(15)16/h3-5,17H,6-8H2,1-2H3,(H,15,16). The molecule has 116 valence electrons. The number of hydrogen-bond acceptors (Lipinski definition) is 5. The van der Waals surface area contributed by atoms with E-state index in [2.05, 4.69) is 0 Å². The molecule has 1 aliphatic heterocycles. The zero-order valence-corrected chi connectivity index (χ0v) is 12.6. The molecule has 0 aromatic heterocycles. The van der Waals surface area contributed by atoms with Crippen LogP contribution < -0.4 is 4.74 Å². The number of hydrogen-bond donors (Lipinski definition) is 2. The van der Waals surface area contributed by atoms with E-state index in [9.17, 15) is 18.3 Å². The molecule has 7 nitrogen and oxygen atoms in total. The lowest BCUT2D eigenvalue weighted by Gasteiger charge is -2.43. The first-order chi connectivity index (χ1) is 9.65. The van der Waals surface area contributed by atoms with Crippen LogP contribution in [0.3, 0.4) is 0 Å². The number of sulfonamides is 1. The summed E-state index contributed by atoms with van der Waals surface area (Å²) in [4.78, 5) is 10.8. The van der Waals surface area contributed by atoms with Gasteiger partial charge in [0.1, 0.15) is 5.75 Å². The number of carboxylic acid groups (broad SMARTS) is 1. The second kappa shape index (κ2) is 5.28. The number of aliphatic hydroxyl groups is 1. The summed E-state index contributed by atoms with van der Waals surface area (Å²) in [5.41, 5.74) is -0.875. The zero-order valence-electron chi connectivity index (χ0n) is 11.7. The smallest absolute Gasteiger partial charge is 0.307 e. The predicted octanol–water partition coefficient (Wildman–Crippen LogP) is 0.0776. The molecule has 21 heavy (non-hydrogen) atoms. The van der Waals surface area contributed by atoms with Gasteiger partial charge in [-0.1, -0.05) is 0 Å². The van der Waals surface area contributed by atoms with Crippen LogP contribution >= 0.6 is 0 Å². The van der Waals surface area contributed by atoms with Crippen molar-refractivity contribution >= 4 is 16.0 Å². The van der Waals surface area contributed by atoms with Gasteiger partial charge in [0.25, 0.3) is 0 Å². The van der Waals surface area contributed by atoms with Gasteiger partial charge in [0.05, 0.1) is 24.0 Å². The van der Waals surface area contributed by atoms with Crippen molar-refractivity contribution in [2.45, 2.75) is 23.8 Å². The highest BCUT2D eigenvalue weighted by Crippen LogP contribution is 2.31. The number of nitrogens with zero attached hydrogens (tertiary/aromatic N) is 1. The summed E-state index contributed by atoms with van der Waals surface area (Å²) < 4.78 is 31.1. The molecule has 0 saturated carbocycles. The molecular weight excluding hydrogens is 298 g/mol. The third kappa shape index (κ3) is 3.17. The Hall–Kier alpha value is -1.64. The van der Waals surface area contributed by atoms with E-state index in [-0.39, 0.29) is 23.5 Å². The highest BCUT2D eigenvalue weighted by atomic mass is 32.2. The van der Waals surface area contributed by atoms with Crippen LogP contribution in [0.25, 0.3) is 0 Å². The molecule has 0 amide bonds. The minimum absolute atomic E-state index is 0.00608. The Kier molecular flexibility index (Phi) is 3.96. The Morgan fingerprint density at radius 1 is 1.43 bits per heavy atom. The Bertz CT molecular complexity index is 659. The van der Waals surface area contributed by atoms with Gasteiger partial charge in [-0.25, -0.2) is 8.42 Å². The fourth-order valence-corrected chi connectivity index (χ4v) is 4.13. The van der Waals surface area contributed by atoms with Gasteiger partial charge >= 0.3 is 5.97 Å². The van der Waals surface area contributed by atoms with Crippen molar-refractivity contribution in [3.63, 3.8) is 0 Å². The fraction of sp³-hybridized carbons (Fsp3) is 0.462. The lowest BCUT2D eigenvalue weighted by atomic mass is 10.0. The molecule has 8 heteroatoms. The van der Waals surface area contributed by atoms with Gasteiger partial charge < -0.3 is 14.9 Å². The summed E-state index contributed by atoms with van der Waals surface area (Å²) >= 11 is 0. The first-order valence-corrected chi connectivity index (χ1v) is 7.71. The Balaban J connectivity index is 2.40. The number of methoxy groups -OCH3 is 1. The van der Waals surface area contributed by atoms with Gasteiger partial charge in [0.15, 0.2) is 0 Å².